The van der Waals surface area contributed by atoms with Gasteiger partial charge in [-0.3, -0.25) is 0 Å². The van der Waals surface area contributed by atoms with Crippen molar-refractivity contribution in [2.75, 3.05) is 23.9 Å². The van der Waals surface area contributed by atoms with E-state index in [1.807, 2.05) is 0 Å². The molecule has 0 spiro atoms. The average Bonchev–Trinajstić information content (AvgIpc) is 2.44. The van der Waals surface area contributed by atoms with E-state index in [-0.39, 0.29) is 35.8 Å². The molecule has 1 aliphatic rings. The zero-order chi connectivity index (χ0) is 10.7. The second-order valence-electron chi connectivity index (χ2n) is 4.49. The van der Waals surface area contributed by atoms with Gasteiger partial charge in [0.1, 0.15) is 23.4 Å². The summed E-state index contributed by atoms with van der Waals surface area (Å²) in [6.45, 7) is 4.12. The molecule has 92 valence electrons. The van der Waals surface area contributed by atoms with Crippen LogP contribution in [-0.2, 0) is 10.9 Å². The molecule has 0 bridgehead atoms. The second kappa shape index (κ2) is 6.97. The lowest BCUT2D eigenvalue weighted by molar-refractivity contribution is -0.0000316. The normalized spacial score (nSPS) is 32.8. The van der Waals surface area contributed by atoms with E-state index in [4.69, 9.17) is 5.11 Å². The van der Waals surface area contributed by atoms with Gasteiger partial charge >= 0.3 is 0 Å². The van der Waals surface area contributed by atoms with E-state index in [1.54, 1.807) is 0 Å². The summed E-state index contributed by atoms with van der Waals surface area (Å²) in [6, 6.07) is 0. The van der Waals surface area contributed by atoms with Gasteiger partial charge in [-0.1, -0.05) is 13.8 Å². The van der Waals surface area contributed by atoms with Gasteiger partial charge in [0, 0.05) is 0 Å². The first-order chi connectivity index (χ1) is 6.54. The van der Waals surface area contributed by atoms with E-state index < -0.39 is 12.2 Å². The molecule has 3 nitrogen and oxygen atoms in total. The molecule has 5 heteroatoms. The molecule has 1 unspecified atom stereocenters. The van der Waals surface area contributed by atoms with Crippen LogP contribution in [0.25, 0.3) is 0 Å². The lowest BCUT2D eigenvalue weighted by Crippen LogP contribution is -3.00. The first-order valence-corrected chi connectivity index (χ1v) is 6.89. The highest BCUT2D eigenvalue weighted by molar-refractivity contribution is 7.97. The average molecular weight is 257 g/mol. The van der Waals surface area contributed by atoms with Gasteiger partial charge in [-0.25, -0.2) is 0 Å². The number of halogens is 1. The molecular formula is C10H21ClO3S. The molecule has 0 aromatic carbocycles. The summed E-state index contributed by atoms with van der Waals surface area (Å²) in [5.41, 5.74) is 0. The molecule has 1 heterocycles. The SMILES string of the molecule is CC(C)C[S+]1C[C@H]([C@H](O)CO)[C@H](O)C1.[Cl-]. The van der Waals surface area contributed by atoms with Crippen molar-refractivity contribution < 1.29 is 27.7 Å². The molecule has 0 amide bonds. The third kappa shape index (κ3) is 4.49. The molecule has 15 heavy (non-hydrogen) atoms. The maximum absolute atomic E-state index is 9.71. The number of aliphatic hydroxyl groups is 3. The summed E-state index contributed by atoms with van der Waals surface area (Å²) >= 11 is 0. The Morgan fingerprint density at radius 1 is 1.33 bits per heavy atom. The lowest BCUT2D eigenvalue weighted by Gasteiger charge is -2.15. The molecule has 1 rings (SSSR count). The van der Waals surface area contributed by atoms with Crippen molar-refractivity contribution in [2.45, 2.75) is 26.1 Å². The zero-order valence-electron chi connectivity index (χ0n) is 9.27. The van der Waals surface area contributed by atoms with Gasteiger partial charge in [0.2, 0.25) is 0 Å². The van der Waals surface area contributed by atoms with Crippen LogP contribution >= 0.6 is 0 Å². The van der Waals surface area contributed by atoms with Gasteiger partial charge in [-0.2, -0.15) is 0 Å². The van der Waals surface area contributed by atoms with Crippen molar-refractivity contribution >= 4 is 10.9 Å². The zero-order valence-corrected chi connectivity index (χ0v) is 10.8. The van der Waals surface area contributed by atoms with Crippen LogP contribution in [0.4, 0.5) is 0 Å². The Hall–Kier alpha value is 0.520. The van der Waals surface area contributed by atoms with Crippen LogP contribution in [0, 0.1) is 11.8 Å². The smallest absolute Gasteiger partial charge is 0.134 e. The Morgan fingerprint density at radius 2 is 1.93 bits per heavy atom. The molecule has 4 atom stereocenters. The van der Waals surface area contributed by atoms with Crippen LogP contribution < -0.4 is 12.4 Å². The molecule has 1 fully saturated rings. The van der Waals surface area contributed by atoms with E-state index in [9.17, 15) is 10.2 Å². The standard InChI is InChI=1S/C10H21O3S.ClH/c1-7(2)4-14-5-8(9(12)3-11)10(13)6-14;/h7-13H,3-6H2,1-2H3;1H/q+1;/p-1/t8-,9-,10-,14?;/m1./s1. The molecule has 0 aromatic heterocycles. The molecule has 0 aromatic rings. The first-order valence-electron chi connectivity index (χ1n) is 5.15. The molecule has 0 aliphatic carbocycles. The molecule has 0 saturated carbocycles. The Kier molecular flexibility index (Phi) is 7.21. The van der Waals surface area contributed by atoms with Crippen molar-refractivity contribution in [1.29, 1.82) is 0 Å². The third-order valence-corrected chi connectivity index (χ3v) is 5.39. The summed E-state index contributed by atoms with van der Waals surface area (Å²) in [6.07, 6.45) is -1.16. The van der Waals surface area contributed by atoms with E-state index in [1.165, 1.54) is 0 Å². The highest BCUT2D eigenvalue weighted by Crippen LogP contribution is 2.25. The van der Waals surface area contributed by atoms with Gasteiger partial charge < -0.3 is 27.7 Å². The fourth-order valence-electron chi connectivity index (χ4n) is 1.93. The lowest BCUT2D eigenvalue weighted by atomic mass is 10.0. The topological polar surface area (TPSA) is 60.7 Å². The highest BCUT2D eigenvalue weighted by Gasteiger charge is 2.43. The van der Waals surface area contributed by atoms with E-state index in [2.05, 4.69) is 13.8 Å². The van der Waals surface area contributed by atoms with Crippen LogP contribution in [0.2, 0.25) is 0 Å². The molecule has 1 saturated heterocycles. The number of aliphatic hydroxyl groups excluding tert-OH is 3. The molecular weight excluding hydrogens is 236 g/mol. The third-order valence-electron chi connectivity index (χ3n) is 2.58. The maximum Gasteiger partial charge on any atom is 0.134 e. The largest absolute Gasteiger partial charge is 1.00 e. The Bertz CT molecular complexity index is 180. The second-order valence-corrected chi connectivity index (χ2v) is 6.71. The predicted molar refractivity (Wildman–Crippen MR) is 59.4 cm³/mol. The van der Waals surface area contributed by atoms with E-state index in [0.29, 0.717) is 5.92 Å². The summed E-state index contributed by atoms with van der Waals surface area (Å²) in [4.78, 5) is 0. The minimum absolute atomic E-state index is 0. The maximum atomic E-state index is 9.71. The van der Waals surface area contributed by atoms with Crippen molar-refractivity contribution in [1.82, 2.24) is 0 Å². The number of rotatable bonds is 4. The van der Waals surface area contributed by atoms with Crippen LogP contribution in [0.15, 0.2) is 0 Å². The van der Waals surface area contributed by atoms with Crippen molar-refractivity contribution in [3.63, 3.8) is 0 Å². The number of hydrogen-bond donors (Lipinski definition) is 3. The van der Waals surface area contributed by atoms with Gasteiger partial charge in [-0.15, -0.1) is 0 Å². The summed E-state index contributed by atoms with van der Waals surface area (Å²) in [7, 11) is 0.239. The predicted octanol–water partition coefficient (Wildman–Crippen LogP) is -3.39. The summed E-state index contributed by atoms with van der Waals surface area (Å²) in [5.74, 6) is 3.35. The van der Waals surface area contributed by atoms with E-state index >= 15 is 0 Å². The molecule has 3 N–H and O–H groups in total. The Labute approximate surface area is 101 Å². The summed E-state index contributed by atoms with van der Waals surface area (Å²) in [5, 5.41) is 28.0. The van der Waals surface area contributed by atoms with Crippen molar-refractivity contribution in [3.05, 3.63) is 0 Å². The van der Waals surface area contributed by atoms with Crippen LogP contribution in [0.1, 0.15) is 13.8 Å². The quantitative estimate of drug-likeness (QED) is 0.460. The van der Waals surface area contributed by atoms with Gasteiger partial charge in [0.05, 0.1) is 18.6 Å². The molecule has 1 aliphatic heterocycles. The van der Waals surface area contributed by atoms with Gasteiger partial charge in [-0.05, 0) is 16.8 Å². The fraction of sp³-hybridized carbons (Fsp3) is 1.00. The van der Waals surface area contributed by atoms with Crippen LogP contribution in [0.5, 0.6) is 0 Å². The Morgan fingerprint density at radius 3 is 2.40 bits per heavy atom. The van der Waals surface area contributed by atoms with Crippen LogP contribution in [-0.4, -0.2) is 51.4 Å². The first kappa shape index (κ1) is 15.5. The van der Waals surface area contributed by atoms with E-state index in [0.717, 1.165) is 17.3 Å². The highest BCUT2D eigenvalue weighted by atomic mass is 35.5. The van der Waals surface area contributed by atoms with Crippen molar-refractivity contribution in [3.8, 4) is 0 Å². The van der Waals surface area contributed by atoms with Crippen molar-refractivity contribution in [2.24, 2.45) is 11.8 Å². The van der Waals surface area contributed by atoms with Crippen LogP contribution in [0.3, 0.4) is 0 Å². The van der Waals surface area contributed by atoms with Gasteiger partial charge in [0.15, 0.2) is 0 Å². The summed E-state index contributed by atoms with van der Waals surface area (Å²) < 4.78 is 0. The Balaban J connectivity index is 0.00000196. The number of hydrogen-bond acceptors (Lipinski definition) is 3. The minimum atomic E-state index is -0.741. The van der Waals surface area contributed by atoms with Gasteiger partial charge in [0.25, 0.3) is 0 Å². The fourth-order valence-corrected chi connectivity index (χ4v) is 5.00. The monoisotopic (exact) mass is 256 g/mol. The molecule has 0 radical (unpaired) electrons. The minimum Gasteiger partial charge on any atom is -1.00 e.